The first kappa shape index (κ1) is 22.4. The first-order valence-electron chi connectivity index (χ1n) is 12.3. The molecule has 36 heavy (non-hydrogen) atoms. The number of hydrogen-bond acceptors (Lipinski definition) is 8. The Morgan fingerprint density at radius 2 is 2.08 bits per heavy atom. The van der Waals surface area contributed by atoms with Gasteiger partial charge < -0.3 is 15.2 Å². The molecule has 0 bridgehead atoms. The number of nitrogens with zero attached hydrogens (tertiary/aromatic N) is 6. The highest BCUT2D eigenvalue weighted by Crippen LogP contribution is 2.46. The van der Waals surface area contributed by atoms with Crippen molar-refractivity contribution < 1.29 is 9.32 Å². The van der Waals surface area contributed by atoms with E-state index in [9.17, 15) is 4.79 Å². The summed E-state index contributed by atoms with van der Waals surface area (Å²) in [5.41, 5.74) is 4.95. The van der Waals surface area contributed by atoms with Gasteiger partial charge in [-0.05, 0) is 55.4 Å². The van der Waals surface area contributed by atoms with E-state index < -0.39 is 0 Å². The average Bonchev–Trinajstić information content (AvgIpc) is 3.28. The number of aromatic nitrogens is 6. The maximum atomic E-state index is 12.9. The molecule has 6 rings (SSSR count). The number of rotatable bonds is 6. The van der Waals surface area contributed by atoms with E-state index in [1.54, 1.807) is 17.1 Å². The molecule has 10 heteroatoms. The number of amides is 1. The van der Waals surface area contributed by atoms with Crippen molar-refractivity contribution in [1.29, 1.82) is 0 Å². The van der Waals surface area contributed by atoms with E-state index in [1.807, 2.05) is 19.3 Å². The number of hydrogen-bond donors (Lipinski definition) is 2. The van der Waals surface area contributed by atoms with Crippen LogP contribution in [0.4, 0.5) is 11.6 Å². The second-order valence-electron chi connectivity index (χ2n) is 9.96. The Balaban J connectivity index is 1.22. The Morgan fingerprint density at radius 1 is 1.19 bits per heavy atom. The molecule has 1 amide bonds. The predicted octanol–water partition coefficient (Wildman–Crippen LogP) is 4.25. The van der Waals surface area contributed by atoms with Gasteiger partial charge in [0.1, 0.15) is 0 Å². The molecule has 1 saturated carbocycles. The number of nitrogens with one attached hydrogen (secondary N) is 2. The minimum Gasteiger partial charge on any atom is -0.342 e. The summed E-state index contributed by atoms with van der Waals surface area (Å²) in [4.78, 5) is 26.4. The summed E-state index contributed by atoms with van der Waals surface area (Å²) in [6.07, 6.45) is 11.3. The van der Waals surface area contributed by atoms with Gasteiger partial charge in [0.15, 0.2) is 0 Å². The van der Waals surface area contributed by atoms with Gasteiger partial charge in [-0.3, -0.25) is 9.48 Å². The van der Waals surface area contributed by atoms with Gasteiger partial charge >= 0.3 is 0 Å². The van der Waals surface area contributed by atoms with Gasteiger partial charge in [0.05, 0.1) is 23.6 Å². The predicted molar refractivity (Wildman–Crippen MR) is 133 cm³/mol. The van der Waals surface area contributed by atoms with Crippen LogP contribution in [-0.4, -0.2) is 35.8 Å². The highest BCUT2D eigenvalue weighted by Gasteiger charge is 2.45. The average molecular weight is 485 g/mol. The van der Waals surface area contributed by atoms with E-state index in [0.717, 1.165) is 61.0 Å². The molecule has 184 valence electrons. The van der Waals surface area contributed by atoms with Gasteiger partial charge in [-0.2, -0.15) is 10.1 Å². The van der Waals surface area contributed by atoms with Gasteiger partial charge in [0, 0.05) is 30.4 Å². The third kappa shape index (κ3) is 4.46. The van der Waals surface area contributed by atoms with E-state index in [4.69, 9.17) is 9.51 Å². The van der Waals surface area contributed by atoms with Crippen molar-refractivity contribution in [2.24, 2.45) is 7.05 Å². The third-order valence-corrected chi connectivity index (χ3v) is 7.07. The second-order valence-corrected chi connectivity index (χ2v) is 9.96. The minimum atomic E-state index is -0.293. The summed E-state index contributed by atoms with van der Waals surface area (Å²) in [5.74, 6) is 0.884. The highest BCUT2D eigenvalue weighted by molar-refractivity contribution is 5.90. The molecule has 3 aromatic heterocycles. The number of benzene rings is 1. The first-order valence-corrected chi connectivity index (χ1v) is 12.3. The molecule has 2 aliphatic carbocycles. The summed E-state index contributed by atoms with van der Waals surface area (Å²) in [5, 5.41) is 14.4. The monoisotopic (exact) mass is 484 g/mol. The molecule has 1 fully saturated rings. The molecule has 10 nitrogen and oxygen atoms in total. The lowest BCUT2D eigenvalue weighted by Gasteiger charge is -2.19. The molecule has 1 unspecified atom stereocenters. The standard InChI is InChI=1S/C26H28N8O2/c1-26(10-11-26)24-32-22(33-36-24)23(35)30-21-6-4-3-5-16-13-17(7-8-19(16)21)20-9-12-27-25(31-20)29-18-14-28-34(2)15-18/h7-9,12-15,21H,3-6,10-11H2,1-2H3,(H,30,35)(H,27,29,31). The maximum Gasteiger partial charge on any atom is 0.293 e. The van der Waals surface area contributed by atoms with Gasteiger partial charge in [-0.25, -0.2) is 9.97 Å². The Kier molecular flexibility index (Phi) is 5.50. The molecule has 4 aromatic rings. The fourth-order valence-electron chi connectivity index (χ4n) is 4.67. The molecular weight excluding hydrogens is 456 g/mol. The molecule has 0 spiro atoms. The Bertz CT molecular complexity index is 1420. The van der Waals surface area contributed by atoms with Crippen molar-refractivity contribution in [2.45, 2.75) is 56.9 Å². The smallest absolute Gasteiger partial charge is 0.293 e. The van der Waals surface area contributed by atoms with Gasteiger partial charge in [0.25, 0.3) is 11.7 Å². The molecule has 1 aromatic carbocycles. The van der Waals surface area contributed by atoms with E-state index >= 15 is 0 Å². The van der Waals surface area contributed by atoms with E-state index in [-0.39, 0.29) is 23.2 Å². The van der Waals surface area contributed by atoms with Gasteiger partial charge in [-0.15, -0.1) is 0 Å². The molecule has 0 radical (unpaired) electrons. The number of carbonyl (C=O) groups excluding carboxylic acids is 1. The van der Waals surface area contributed by atoms with Crippen LogP contribution < -0.4 is 10.6 Å². The number of anilines is 2. The second kappa shape index (κ2) is 8.85. The minimum absolute atomic E-state index is 0.0643. The summed E-state index contributed by atoms with van der Waals surface area (Å²) in [6.45, 7) is 2.08. The summed E-state index contributed by atoms with van der Waals surface area (Å²) >= 11 is 0. The lowest BCUT2D eigenvalue weighted by atomic mass is 9.95. The summed E-state index contributed by atoms with van der Waals surface area (Å²) in [6, 6.07) is 8.14. The van der Waals surface area contributed by atoms with Crippen LogP contribution in [0.15, 0.2) is 47.4 Å². The van der Waals surface area contributed by atoms with Crippen molar-refractivity contribution in [3.05, 3.63) is 65.7 Å². The maximum absolute atomic E-state index is 12.9. The van der Waals surface area contributed by atoms with E-state index in [2.05, 4.69) is 56.0 Å². The number of fused-ring (bicyclic) bond motifs is 1. The van der Waals surface area contributed by atoms with Crippen molar-refractivity contribution in [3.63, 3.8) is 0 Å². The van der Waals surface area contributed by atoms with Gasteiger partial charge in [0.2, 0.25) is 11.8 Å². The van der Waals surface area contributed by atoms with Crippen LogP contribution in [0.1, 0.15) is 72.7 Å². The molecule has 3 heterocycles. The lowest BCUT2D eigenvalue weighted by Crippen LogP contribution is -2.29. The van der Waals surface area contributed by atoms with Crippen LogP contribution >= 0.6 is 0 Å². The zero-order valence-corrected chi connectivity index (χ0v) is 20.4. The largest absolute Gasteiger partial charge is 0.342 e. The van der Waals surface area contributed by atoms with Crippen molar-refractivity contribution in [1.82, 2.24) is 35.2 Å². The third-order valence-electron chi connectivity index (χ3n) is 7.07. The summed E-state index contributed by atoms with van der Waals surface area (Å²) in [7, 11) is 1.86. The van der Waals surface area contributed by atoms with Crippen LogP contribution in [0.3, 0.4) is 0 Å². The van der Waals surface area contributed by atoms with Crippen LogP contribution in [0.2, 0.25) is 0 Å². The quantitative estimate of drug-likeness (QED) is 0.389. The molecule has 2 aliphatic rings. The highest BCUT2D eigenvalue weighted by atomic mass is 16.5. The topological polar surface area (TPSA) is 124 Å². The fraction of sp³-hybridized carbons (Fsp3) is 0.385. The molecular formula is C26H28N8O2. The number of aryl methyl sites for hydroxylation is 2. The molecule has 1 atom stereocenters. The molecule has 0 saturated heterocycles. The lowest BCUT2D eigenvalue weighted by molar-refractivity contribution is 0.0921. The van der Waals surface area contributed by atoms with Crippen molar-refractivity contribution in [3.8, 4) is 11.3 Å². The van der Waals surface area contributed by atoms with Crippen LogP contribution in [0.5, 0.6) is 0 Å². The van der Waals surface area contributed by atoms with Crippen molar-refractivity contribution in [2.75, 3.05) is 5.32 Å². The normalized spacial score (nSPS) is 18.2. The van der Waals surface area contributed by atoms with E-state index in [0.29, 0.717) is 11.8 Å². The Hall–Kier alpha value is -4.08. The van der Waals surface area contributed by atoms with Crippen LogP contribution in [0, 0.1) is 0 Å². The van der Waals surface area contributed by atoms with Crippen LogP contribution in [-0.2, 0) is 18.9 Å². The first-order chi connectivity index (χ1) is 17.5. The molecule has 0 aliphatic heterocycles. The zero-order valence-electron chi connectivity index (χ0n) is 20.4. The van der Waals surface area contributed by atoms with Crippen molar-refractivity contribution >= 4 is 17.5 Å². The molecule has 2 N–H and O–H groups in total. The SMILES string of the molecule is Cn1cc(Nc2nccc(-c3ccc4c(c3)CCCCC4NC(=O)c3noc(C4(C)CC4)n3)n2)cn1. The summed E-state index contributed by atoms with van der Waals surface area (Å²) < 4.78 is 7.09. The zero-order chi connectivity index (χ0) is 24.7. The van der Waals surface area contributed by atoms with E-state index in [1.165, 1.54) is 5.56 Å². The fourth-order valence-corrected chi connectivity index (χ4v) is 4.67. The number of carbonyl (C=O) groups is 1. The van der Waals surface area contributed by atoms with Gasteiger partial charge in [-0.1, -0.05) is 30.6 Å². The Morgan fingerprint density at radius 3 is 2.89 bits per heavy atom. The Labute approximate surface area is 208 Å². The van der Waals surface area contributed by atoms with Crippen LogP contribution in [0.25, 0.3) is 11.3 Å².